The number of fused-ring (bicyclic) bond motifs is 4. The van der Waals surface area contributed by atoms with E-state index in [1.165, 1.54) is 61.7 Å². The Morgan fingerprint density at radius 2 is 1.42 bits per heavy atom. The SMILES string of the molecule is CC(C)(C)c1ccc2c(c1)N(C1=CC=CC(C(C)(C)C)C1)C1=CC(C(C)(c3ccccc3)C3C=CC=CC3)CC3=C1B2c1ccccc1N3C1=CCCC=C1. The van der Waals surface area contributed by atoms with E-state index in [1.807, 2.05) is 0 Å². The fourth-order valence-corrected chi connectivity index (χ4v) is 10.4. The predicted octanol–water partition coefficient (Wildman–Crippen LogP) is 11.8. The van der Waals surface area contributed by atoms with E-state index in [2.05, 4.69) is 198 Å². The average Bonchev–Trinajstić information content (AvgIpc) is 3.20. The Labute approximate surface area is 331 Å². The highest BCUT2D eigenvalue weighted by molar-refractivity contribution is 6.94. The number of anilines is 2. The van der Waals surface area contributed by atoms with Gasteiger partial charge in [0.25, 0.3) is 6.71 Å². The summed E-state index contributed by atoms with van der Waals surface area (Å²) in [5.74, 6) is 1.07. The van der Waals surface area contributed by atoms with Gasteiger partial charge in [-0.1, -0.05) is 164 Å². The molecule has 278 valence electrons. The lowest BCUT2D eigenvalue weighted by Gasteiger charge is -2.53. The van der Waals surface area contributed by atoms with Crippen LogP contribution in [0.5, 0.6) is 0 Å². The van der Waals surface area contributed by atoms with Gasteiger partial charge in [0.1, 0.15) is 0 Å². The fourth-order valence-electron chi connectivity index (χ4n) is 10.4. The summed E-state index contributed by atoms with van der Waals surface area (Å²) in [5, 5.41) is 0. The second-order valence-corrected chi connectivity index (χ2v) is 19.0. The molecule has 0 aromatic heterocycles. The van der Waals surface area contributed by atoms with Crippen LogP contribution in [0.2, 0.25) is 0 Å². The van der Waals surface area contributed by atoms with E-state index in [0.717, 1.165) is 32.1 Å². The summed E-state index contributed by atoms with van der Waals surface area (Å²) in [6.07, 6.45) is 31.8. The molecule has 9 rings (SSSR count). The van der Waals surface area contributed by atoms with Crippen molar-refractivity contribution < 1.29 is 0 Å². The van der Waals surface area contributed by atoms with Gasteiger partial charge >= 0.3 is 0 Å². The second-order valence-electron chi connectivity index (χ2n) is 19.0. The molecule has 0 saturated carbocycles. The average molecular weight is 721 g/mol. The minimum atomic E-state index is -0.142. The first-order chi connectivity index (χ1) is 26.4. The Morgan fingerprint density at radius 1 is 0.655 bits per heavy atom. The van der Waals surface area contributed by atoms with E-state index in [-0.39, 0.29) is 28.9 Å². The molecule has 0 spiro atoms. The third kappa shape index (κ3) is 6.01. The number of allylic oxidation sites excluding steroid dienone is 14. The van der Waals surface area contributed by atoms with Crippen LogP contribution in [0, 0.1) is 23.2 Å². The van der Waals surface area contributed by atoms with Crippen molar-refractivity contribution in [3.05, 3.63) is 179 Å². The lowest BCUT2D eigenvalue weighted by atomic mass is 9.31. The van der Waals surface area contributed by atoms with Gasteiger partial charge in [-0.3, -0.25) is 0 Å². The molecule has 3 aromatic carbocycles. The van der Waals surface area contributed by atoms with E-state index in [0.29, 0.717) is 11.8 Å². The molecule has 2 heterocycles. The Balaban J connectivity index is 1.36. The van der Waals surface area contributed by atoms with Crippen LogP contribution in [0.1, 0.15) is 91.7 Å². The van der Waals surface area contributed by atoms with Crippen LogP contribution < -0.4 is 20.7 Å². The molecule has 0 bridgehead atoms. The van der Waals surface area contributed by atoms with E-state index in [1.54, 1.807) is 0 Å². The summed E-state index contributed by atoms with van der Waals surface area (Å²) in [5.41, 5.74) is 15.4. The normalized spacial score (nSPS) is 24.1. The van der Waals surface area contributed by atoms with Crippen molar-refractivity contribution >= 4 is 29.0 Å². The van der Waals surface area contributed by atoms with Crippen LogP contribution in [0.4, 0.5) is 11.4 Å². The van der Waals surface area contributed by atoms with Gasteiger partial charge in [0.05, 0.1) is 0 Å². The molecule has 6 aliphatic rings. The fraction of sp³-hybridized carbons (Fsp3) is 0.346. The Kier molecular flexibility index (Phi) is 8.80. The summed E-state index contributed by atoms with van der Waals surface area (Å²) >= 11 is 0. The summed E-state index contributed by atoms with van der Waals surface area (Å²) in [4.78, 5) is 5.42. The van der Waals surface area contributed by atoms with Crippen molar-refractivity contribution in [2.45, 2.75) is 91.4 Å². The van der Waals surface area contributed by atoms with Crippen molar-refractivity contribution in [1.29, 1.82) is 0 Å². The van der Waals surface area contributed by atoms with Gasteiger partial charge in [0.15, 0.2) is 0 Å². The molecular weight excluding hydrogens is 663 g/mol. The number of nitrogens with zero attached hydrogens (tertiary/aromatic N) is 2. The van der Waals surface area contributed by atoms with Crippen LogP contribution >= 0.6 is 0 Å². The number of benzene rings is 3. The van der Waals surface area contributed by atoms with Gasteiger partial charge in [-0.15, -0.1) is 0 Å². The third-order valence-electron chi connectivity index (χ3n) is 13.7. The molecule has 0 amide bonds. The highest BCUT2D eigenvalue weighted by Gasteiger charge is 2.51. The molecular formula is C52H57BN2. The Morgan fingerprint density at radius 3 is 2.15 bits per heavy atom. The van der Waals surface area contributed by atoms with Crippen molar-refractivity contribution in [1.82, 2.24) is 0 Å². The number of hydrogen-bond donors (Lipinski definition) is 0. The summed E-state index contributed by atoms with van der Waals surface area (Å²) in [6.45, 7) is 17.0. The zero-order valence-electron chi connectivity index (χ0n) is 34.0. The molecule has 3 heteroatoms. The monoisotopic (exact) mass is 720 g/mol. The zero-order valence-corrected chi connectivity index (χ0v) is 34.0. The molecule has 2 nitrogen and oxygen atoms in total. The second kappa shape index (κ2) is 13.5. The predicted molar refractivity (Wildman–Crippen MR) is 236 cm³/mol. The summed E-state index contributed by atoms with van der Waals surface area (Å²) in [6, 6.07) is 28.2. The molecule has 4 aliphatic carbocycles. The van der Waals surface area contributed by atoms with Crippen molar-refractivity contribution in [3.8, 4) is 0 Å². The molecule has 2 aliphatic heterocycles. The minimum Gasteiger partial charge on any atom is -0.315 e. The highest BCUT2D eigenvalue weighted by atomic mass is 15.2. The summed E-state index contributed by atoms with van der Waals surface area (Å²) < 4.78 is 0. The van der Waals surface area contributed by atoms with Gasteiger partial charge in [-0.2, -0.15) is 0 Å². The van der Waals surface area contributed by atoms with Gasteiger partial charge in [-0.25, -0.2) is 0 Å². The van der Waals surface area contributed by atoms with E-state index < -0.39 is 0 Å². The highest BCUT2D eigenvalue weighted by Crippen LogP contribution is 2.54. The standard InChI is InChI=1S/C52H57BN2/c1-50(2,3)38-24-19-27-42(32-38)55-46-33-39(51(4,5)6)30-31-44(46)53-43-28-17-18-29-45(43)54(41-25-15-10-16-26-41)47-34-40(35-48(55)49(47)53)52(7,36-20-11-8-12-21-36)37-22-13-9-14-23-37/h8-9,11-15,17-22,24-31,33,35,37-38,40H,10,16,23,32,34H2,1-7H3. The zero-order chi connectivity index (χ0) is 38.1. The largest absolute Gasteiger partial charge is 0.315 e. The quantitative estimate of drug-likeness (QED) is 0.242. The first-order valence-electron chi connectivity index (χ1n) is 20.9. The minimum absolute atomic E-state index is 0.0219. The van der Waals surface area contributed by atoms with Crippen LogP contribution in [-0.2, 0) is 10.8 Å². The molecule has 0 N–H and O–H groups in total. The van der Waals surface area contributed by atoms with Gasteiger partial charge in [0.2, 0.25) is 0 Å². The number of hydrogen-bond acceptors (Lipinski definition) is 2. The van der Waals surface area contributed by atoms with Crippen LogP contribution in [-0.4, -0.2) is 6.71 Å². The van der Waals surface area contributed by atoms with Crippen molar-refractivity contribution in [3.63, 3.8) is 0 Å². The molecule has 0 fully saturated rings. The lowest BCUT2D eigenvalue weighted by molar-refractivity contribution is 0.255. The van der Waals surface area contributed by atoms with E-state index in [4.69, 9.17) is 0 Å². The van der Waals surface area contributed by atoms with Gasteiger partial charge in [0, 0.05) is 39.6 Å². The van der Waals surface area contributed by atoms with E-state index >= 15 is 0 Å². The topological polar surface area (TPSA) is 6.48 Å². The van der Waals surface area contributed by atoms with Crippen LogP contribution in [0.25, 0.3) is 0 Å². The number of rotatable bonds is 5. The smallest absolute Gasteiger partial charge is 0.251 e. The number of para-hydroxylation sites is 1. The maximum absolute atomic E-state index is 2.75. The molecule has 55 heavy (non-hydrogen) atoms. The maximum atomic E-state index is 2.75. The molecule has 3 aromatic rings. The van der Waals surface area contributed by atoms with Gasteiger partial charge < -0.3 is 9.80 Å². The molecule has 0 radical (unpaired) electrons. The molecule has 0 saturated heterocycles. The van der Waals surface area contributed by atoms with Crippen LogP contribution in [0.3, 0.4) is 0 Å². The first-order valence-corrected chi connectivity index (χ1v) is 20.9. The maximum Gasteiger partial charge on any atom is 0.251 e. The molecule has 4 atom stereocenters. The van der Waals surface area contributed by atoms with Crippen LogP contribution in [0.15, 0.2) is 168 Å². The Bertz CT molecular complexity index is 2260. The summed E-state index contributed by atoms with van der Waals surface area (Å²) in [7, 11) is 0. The van der Waals surface area contributed by atoms with Gasteiger partial charge in [-0.05, 0) is 112 Å². The molecule has 4 unspecified atom stereocenters. The Hall–Kier alpha value is -4.76. The first kappa shape index (κ1) is 35.9. The van der Waals surface area contributed by atoms with Crippen molar-refractivity contribution in [2.24, 2.45) is 23.2 Å². The third-order valence-corrected chi connectivity index (χ3v) is 13.7. The lowest BCUT2D eigenvalue weighted by Crippen LogP contribution is -2.59. The van der Waals surface area contributed by atoms with E-state index in [9.17, 15) is 0 Å². The van der Waals surface area contributed by atoms with Crippen molar-refractivity contribution in [2.75, 3.05) is 9.80 Å².